The molecule has 1 N–H and O–H groups in total. The highest BCUT2D eigenvalue weighted by molar-refractivity contribution is 5.28. The third-order valence-corrected chi connectivity index (χ3v) is 2.85. The smallest absolute Gasteiger partial charge is 0.119 e. The number of aliphatic hydroxyl groups excluding tert-OH is 1. The Morgan fingerprint density at radius 3 is 2.32 bits per heavy atom. The molecule has 0 aromatic heterocycles. The van der Waals surface area contributed by atoms with Crippen LogP contribution in [0.4, 0.5) is 0 Å². The first kappa shape index (κ1) is 16.0. The molecule has 0 radical (unpaired) electrons. The maximum absolute atomic E-state index is 10.0. The van der Waals surface area contributed by atoms with E-state index < -0.39 is 6.10 Å². The van der Waals surface area contributed by atoms with Gasteiger partial charge >= 0.3 is 0 Å². The fourth-order valence-electron chi connectivity index (χ4n) is 1.62. The van der Waals surface area contributed by atoms with E-state index in [0.717, 1.165) is 17.7 Å². The van der Waals surface area contributed by atoms with Crippen LogP contribution in [0.1, 0.15) is 45.8 Å². The van der Waals surface area contributed by atoms with Crippen molar-refractivity contribution in [3.63, 3.8) is 0 Å². The van der Waals surface area contributed by atoms with Gasteiger partial charge in [0.05, 0.1) is 13.2 Å². The van der Waals surface area contributed by atoms with Crippen LogP contribution in [-0.2, 0) is 4.74 Å². The van der Waals surface area contributed by atoms with Gasteiger partial charge in [-0.2, -0.15) is 0 Å². The van der Waals surface area contributed by atoms with Crippen LogP contribution in [0.15, 0.2) is 24.3 Å². The third-order valence-electron chi connectivity index (χ3n) is 2.85. The van der Waals surface area contributed by atoms with E-state index in [-0.39, 0.29) is 5.41 Å². The number of rotatable bonds is 7. The second kappa shape index (κ2) is 7.51. The summed E-state index contributed by atoms with van der Waals surface area (Å²) in [6.45, 7) is 10.2. The summed E-state index contributed by atoms with van der Waals surface area (Å²) in [5, 5.41) is 10.0. The van der Waals surface area contributed by atoms with Crippen LogP contribution in [0.2, 0.25) is 0 Å². The van der Waals surface area contributed by atoms with Gasteiger partial charge in [-0.1, -0.05) is 32.9 Å². The van der Waals surface area contributed by atoms with E-state index in [1.54, 1.807) is 0 Å². The van der Waals surface area contributed by atoms with Gasteiger partial charge in [0.1, 0.15) is 11.9 Å². The van der Waals surface area contributed by atoms with Crippen molar-refractivity contribution in [1.82, 2.24) is 0 Å². The minimum absolute atomic E-state index is 0.268. The Bertz CT molecular complexity index is 351. The van der Waals surface area contributed by atoms with Gasteiger partial charge in [-0.05, 0) is 36.5 Å². The Hall–Kier alpha value is -1.06. The predicted molar refractivity (Wildman–Crippen MR) is 77.5 cm³/mol. The van der Waals surface area contributed by atoms with Crippen molar-refractivity contribution in [3.05, 3.63) is 29.8 Å². The Balaban J connectivity index is 2.34. The third kappa shape index (κ3) is 6.60. The van der Waals surface area contributed by atoms with Crippen molar-refractivity contribution >= 4 is 0 Å². The van der Waals surface area contributed by atoms with Gasteiger partial charge in [0.2, 0.25) is 0 Å². The molecule has 1 rings (SSSR count). The van der Waals surface area contributed by atoms with Crippen LogP contribution in [0, 0.1) is 5.41 Å². The molecule has 0 aliphatic carbocycles. The quantitative estimate of drug-likeness (QED) is 0.767. The zero-order valence-electron chi connectivity index (χ0n) is 12.5. The summed E-state index contributed by atoms with van der Waals surface area (Å²) in [5.74, 6) is 0.826. The fourth-order valence-corrected chi connectivity index (χ4v) is 1.62. The molecule has 108 valence electrons. The van der Waals surface area contributed by atoms with E-state index in [2.05, 4.69) is 20.8 Å². The number of hydrogen-bond donors (Lipinski definition) is 1. The minimum atomic E-state index is -0.573. The molecule has 0 aliphatic heterocycles. The molecule has 1 unspecified atom stereocenters. The molecule has 1 aromatic carbocycles. The van der Waals surface area contributed by atoms with Crippen LogP contribution in [-0.4, -0.2) is 24.9 Å². The van der Waals surface area contributed by atoms with E-state index in [4.69, 9.17) is 9.47 Å². The molecule has 1 atom stereocenters. The highest BCUT2D eigenvalue weighted by Gasteiger charge is 2.11. The lowest BCUT2D eigenvalue weighted by molar-refractivity contribution is 0.0263. The molecule has 0 amide bonds. The average Bonchev–Trinajstić information content (AvgIpc) is 2.34. The molecule has 1 aromatic rings. The maximum atomic E-state index is 10.0. The van der Waals surface area contributed by atoms with E-state index in [0.29, 0.717) is 19.8 Å². The van der Waals surface area contributed by atoms with Gasteiger partial charge in [0.25, 0.3) is 0 Å². The predicted octanol–water partition coefficient (Wildman–Crippen LogP) is 3.57. The summed E-state index contributed by atoms with van der Waals surface area (Å²) in [4.78, 5) is 0. The molecular formula is C16H26O3. The van der Waals surface area contributed by atoms with E-state index in [1.807, 2.05) is 31.2 Å². The molecular weight excluding hydrogens is 240 g/mol. The standard InChI is InChI=1S/C16H26O3/c1-5-19-14-8-6-13(7-9-14)15(17)12-18-11-10-16(2,3)4/h6-9,15,17H,5,10-12H2,1-4H3. The van der Waals surface area contributed by atoms with Gasteiger partial charge in [0.15, 0.2) is 0 Å². The molecule has 0 heterocycles. The Morgan fingerprint density at radius 1 is 1.16 bits per heavy atom. The lowest BCUT2D eigenvalue weighted by Gasteiger charge is -2.18. The van der Waals surface area contributed by atoms with Gasteiger partial charge < -0.3 is 14.6 Å². The number of aliphatic hydroxyl groups is 1. The van der Waals surface area contributed by atoms with Crippen LogP contribution < -0.4 is 4.74 Å². The Labute approximate surface area is 116 Å². The van der Waals surface area contributed by atoms with Crippen molar-refractivity contribution in [3.8, 4) is 5.75 Å². The average molecular weight is 266 g/mol. The van der Waals surface area contributed by atoms with Crippen molar-refractivity contribution in [2.24, 2.45) is 5.41 Å². The van der Waals surface area contributed by atoms with E-state index in [1.165, 1.54) is 0 Å². The lowest BCUT2D eigenvalue weighted by Crippen LogP contribution is -2.13. The summed E-state index contributed by atoms with van der Waals surface area (Å²) >= 11 is 0. The van der Waals surface area contributed by atoms with Crippen LogP contribution >= 0.6 is 0 Å². The topological polar surface area (TPSA) is 38.7 Å². The Kier molecular flexibility index (Phi) is 6.32. The summed E-state index contributed by atoms with van der Waals surface area (Å²) in [5.41, 5.74) is 1.13. The van der Waals surface area contributed by atoms with Gasteiger partial charge in [-0.3, -0.25) is 0 Å². The summed E-state index contributed by atoms with van der Waals surface area (Å²) in [6.07, 6.45) is 0.416. The zero-order valence-corrected chi connectivity index (χ0v) is 12.5. The number of ether oxygens (including phenoxy) is 2. The normalized spacial score (nSPS) is 13.3. The lowest BCUT2D eigenvalue weighted by atomic mass is 9.93. The number of hydrogen-bond acceptors (Lipinski definition) is 3. The largest absolute Gasteiger partial charge is 0.494 e. The number of benzene rings is 1. The summed E-state index contributed by atoms with van der Waals surface area (Å²) in [6, 6.07) is 7.50. The summed E-state index contributed by atoms with van der Waals surface area (Å²) < 4.78 is 10.9. The first-order valence-corrected chi connectivity index (χ1v) is 6.91. The van der Waals surface area contributed by atoms with Gasteiger partial charge in [-0.15, -0.1) is 0 Å². The van der Waals surface area contributed by atoms with E-state index >= 15 is 0 Å². The Morgan fingerprint density at radius 2 is 1.79 bits per heavy atom. The molecule has 3 heteroatoms. The van der Waals surface area contributed by atoms with Crippen molar-refractivity contribution in [2.45, 2.75) is 40.2 Å². The first-order valence-electron chi connectivity index (χ1n) is 6.91. The highest BCUT2D eigenvalue weighted by Crippen LogP contribution is 2.20. The highest BCUT2D eigenvalue weighted by atomic mass is 16.5. The second-order valence-electron chi connectivity index (χ2n) is 5.90. The minimum Gasteiger partial charge on any atom is -0.494 e. The van der Waals surface area contributed by atoms with Crippen molar-refractivity contribution in [2.75, 3.05) is 19.8 Å². The maximum Gasteiger partial charge on any atom is 0.119 e. The monoisotopic (exact) mass is 266 g/mol. The summed E-state index contributed by atoms with van der Waals surface area (Å²) in [7, 11) is 0. The molecule has 0 saturated carbocycles. The molecule has 0 aliphatic rings. The molecule has 0 fully saturated rings. The van der Waals surface area contributed by atoms with Crippen LogP contribution in [0.5, 0.6) is 5.75 Å². The van der Waals surface area contributed by atoms with Crippen molar-refractivity contribution < 1.29 is 14.6 Å². The first-order chi connectivity index (χ1) is 8.92. The van der Waals surface area contributed by atoms with E-state index in [9.17, 15) is 5.11 Å². The molecule has 0 bridgehead atoms. The second-order valence-corrected chi connectivity index (χ2v) is 5.90. The SMILES string of the molecule is CCOc1ccc(C(O)COCCC(C)(C)C)cc1. The van der Waals surface area contributed by atoms with Crippen molar-refractivity contribution in [1.29, 1.82) is 0 Å². The fraction of sp³-hybridized carbons (Fsp3) is 0.625. The molecule has 19 heavy (non-hydrogen) atoms. The molecule has 3 nitrogen and oxygen atoms in total. The molecule has 0 spiro atoms. The van der Waals surface area contributed by atoms with Crippen LogP contribution in [0.25, 0.3) is 0 Å². The van der Waals surface area contributed by atoms with Gasteiger partial charge in [0, 0.05) is 6.61 Å². The van der Waals surface area contributed by atoms with Crippen LogP contribution in [0.3, 0.4) is 0 Å². The zero-order chi connectivity index (χ0) is 14.3. The van der Waals surface area contributed by atoms with Gasteiger partial charge in [-0.25, -0.2) is 0 Å². The molecule has 0 saturated heterocycles.